The maximum atomic E-state index is 13.4. The van der Waals surface area contributed by atoms with E-state index >= 15 is 0 Å². The average molecular weight is 246 g/mol. The van der Waals surface area contributed by atoms with Crippen LogP contribution in [0.1, 0.15) is 30.9 Å². The lowest BCUT2D eigenvalue weighted by Crippen LogP contribution is -2.26. The molecule has 1 aliphatic carbocycles. The fraction of sp³-hybridized carbons (Fsp3) is 0.500. The van der Waals surface area contributed by atoms with Crippen molar-refractivity contribution in [1.29, 1.82) is 0 Å². The van der Waals surface area contributed by atoms with Crippen LogP contribution in [0.25, 0.3) is 0 Å². The fourth-order valence-corrected chi connectivity index (χ4v) is 2.28. The molecule has 0 heterocycles. The zero-order valence-electron chi connectivity index (χ0n) is 9.06. The number of halogens is 3. The quantitative estimate of drug-likeness (QED) is 0.867. The van der Waals surface area contributed by atoms with Crippen molar-refractivity contribution in [3.8, 4) is 0 Å². The van der Waals surface area contributed by atoms with Crippen LogP contribution in [0.15, 0.2) is 18.2 Å². The van der Waals surface area contributed by atoms with Crippen LogP contribution in [-0.2, 0) is 12.3 Å². The Balaban J connectivity index is 2.40. The third-order valence-corrected chi connectivity index (χ3v) is 3.29. The lowest BCUT2D eigenvalue weighted by atomic mass is 9.96. The van der Waals surface area contributed by atoms with Gasteiger partial charge >= 0.3 is 0 Å². The Morgan fingerprint density at radius 2 is 2.06 bits per heavy atom. The molecule has 1 saturated carbocycles. The second-order valence-electron chi connectivity index (χ2n) is 4.70. The van der Waals surface area contributed by atoms with Gasteiger partial charge in [-0.1, -0.05) is 23.7 Å². The number of benzene rings is 1. The van der Waals surface area contributed by atoms with Crippen LogP contribution in [0, 0.1) is 0 Å². The molecule has 0 radical (unpaired) electrons. The standard InChI is InChI=1S/C12H14ClF2N/c1-11(14,15)10-8(3-2-4-9(10)13)7-12(16)5-6-12/h2-4H,5-7,16H2,1H3. The SMILES string of the molecule is CC(F)(F)c1c(Cl)cccc1CC1(N)CC1. The molecule has 0 bridgehead atoms. The van der Waals surface area contributed by atoms with E-state index < -0.39 is 5.92 Å². The first-order chi connectivity index (χ1) is 7.32. The van der Waals surface area contributed by atoms with E-state index in [1.807, 2.05) is 0 Å². The summed E-state index contributed by atoms with van der Waals surface area (Å²) in [5.74, 6) is -2.92. The molecule has 2 rings (SSSR count). The van der Waals surface area contributed by atoms with E-state index in [-0.39, 0.29) is 16.1 Å². The Morgan fingerprint density at radius 3 is 2.56 bits per heavy atom. The van der Waals surface area contributed by atoms with Crippen LogP contribution < -0.4 is 5.73 Å². The average Bonchev–Trinajstić information content (AvgIpc) is 2.80. The van der Waals surface area contributed by atoms with Crippen LogP contribution in [0.4, 0.5) is 8.78 Å². The zero-order chi connectivity index (χ0) is 12.0. The van der Waals surface area contributed by atoms with Crippen molar-refractivity contribution < 1.29 is 8.78 Å². The van der Waals surface area contributed by atoms with Gasteiger partial charge in [-0.25, -0.2) is 8.78 Å². The van der Waals surface area contributed by atoms with Gasteiger partial charge in [-0.05, 0) is 30.9 Å². The number of hydrogen-bond donors (Lipinski definition) is 1. The Hall–Kier alpha value is -0.670. The highest BCUT2D eigenvalue weighted by atomic mass is 35.5. The molecule has 0 atom stereocenters. The third-order valence-electron chi connectivity index (χ3n) is 2.97. The molecule has 2 N–H and O–H groups in total. The Labute approximate surface area is 98.6 Å². The van der Waals surface area contributed by atoms with Crippen molar-refractivity contribution in [2.45, 2.75) is 37.6 Å². The molecule has 1 fully saturated rings. The van der Waals surface area contributed by atoms with Crippen molar-refractivity contribution in [1.82, 2.24) is 0 Å². The summed E-state index contributed by atoms with van der Waals surface area (Å²) < 4.78 is 26.9. The molecule has 0 amide bonds. The summed E-state index contributed by atoms with van der Waals surface area (Å²) in [5.41, 5.74) is 6.16. The summed E-state index contributed by atoms with van der Waals surface area (Å²) in [6.07, 6.45) is 2.27. The molecule has 1 nitrogen and oxygen atoms in total. The topological polar surface area (TPSA) is 26.0 Å². The molecule has 4 heteroatoms. The highest BCUT2D eigenvalue weighted by Crippen LogP contribution is 2.41. The maximum Gasteiger partial charge on any atom is 0.272 e. The van der Waals surface area contributed by atoms with Gasteiger partial charge in [0.25, 0.3) is 5.92 Å². The Kier molecular flexibility index (Phi) is 2.71. The number of hydrogen-bond acceptors (Lipinski definition) is 1. The van der Waals surface area contributed by atoms with Gasteiger partial charge < -0.3 is 5.73 Å². The van der Waals surface area contributed by atoms with E-state index in [2.05, 4.69) is 0 Å². The predicted octanol–water partition coefficient (Wildman–Crippen LogP) is 3.49. The summed E-state index contributed by atoms with van der Waals surface area (Å²) in [6, 6.07) is 4.87. The largest absolute Gasteiger partial charge is 0.325 e. The smallest absolute Gasteiger partial charge is 0.272 e. The summed E-state index contributed by atoms with van der Waals surface area (Å²) >= 11 is 5.84. The van der Waals surface area contributed by atoms with E-state index in [0.29, 0.717) is 12.0 Å². The minimum absolute atomic E-state index is 0.0756. The molecule has 0 saturated heterocycles. The first-order valence-electron chi connectivity index (χ1n) is 5.26. The molecule has 0 spiro atoms. The van der Waals surface area contributed by atoms with E-state index in [4.69, 9.17) is 17.3 Å². The van der Waals surface area contributed by atoms with Crippen LogP contribution in [0.2, 0.25) is 5.02 Å². The van der Waals surface area contributed by atoms with Crippen LogP contribution in [0.3, 0.4) is 0 Å². The van der Waals surface area contributed by atoms with Crippen molar-refractivity contribution >= 4 is 11.6 Å². The predicted molar refractivity (Wildman–Crippen MR) is 60.9 cm³/mol. The first-order valence-corrected chi connectivity index (χ1v) is 5.64. The van der Waals surface area contributed by atoms with E-state index in [1.54, 1.807) is 12.1 Å². The minimum atomic E-state index is -2.92. The lowest BCUT2D eigenvalue weighted by Gasteiger charge is -2.19. The molecule has 0 aromatic heterocycles. The van der Waals surface area contributed by atoms with Crippen molar-refractivity contribution in [2.75, 3.05) is 0 Å². The normalized spacial score (nSPS) is 18.6. The Bertz CT molecular complexity index is 408. The maximum absolute atomic E-state index is 13.4. The highest BCUT2D eigenvalue weighted by molar-refractivity contribution is 6.31. The molecule has 1 aliphatic rings. The molecule has 0 unspecified atom stereocenters. The monoisotopic (exact) mass is 245 g/mol. The first kappa shape index (κ1) is 11.8. The van der Waals surface area contributed by atoms with Crippen molar-refractivity contribution in [2.24, 2.45) is 5.73 Å². The van der Waals surface area contributed by atoms with Gasteiger partial charge in [0.2, 0.25) is 0 Å². The third kappa shape index (κ3) is 2.36. The summed E-state index contributed by atoms with van der Waals surface area (Å²) in [4.78, 5) is 0. The van der Waals surface area contributed by atoms with E-state index in [0.717, 1.165) is 19.8 Å². The lowest BCUT2D eigenvalue weighted by molar-refractivity contribution is 0.0166. The molecular formula is C12H14ClF2N. The second kappa shape index (κ2) is 3.67. The number of rotatable bonds is 3. The zero-order valence-corrected chi connectivity index (χ0v) is 9.82. The molecule has 1 aromatic rings. The second-order valence-corrected chi connectivity index (χ2v) is 5.11. The molecule has 1 aromatic carbocycles. The van der Waals surface area contributed by atoms with Gasteiger partial charge in [0.15, 0.2) is 0 Å². The molecule has 0 aliphatic heterocycles. The van der Waals surface area contributed by atoms with Gasteiger partial charge in [-0.3, -0.25) is 0 Å². The number of alkyl halides is 2. The van der Waals surface area contributed by atoms with E-state index in [9.17, 15) is 8.78 Å². The molecular weight excluding hydrogens is 232 g/mol. The number of nitrogens with two attached hydrogens (primary N) is 1. The van der Waals surface area contributed by atoms with Gasteiger partial charge in [-0.15, -0.1) is 0 Å². The van der Waals surface area contributed by atoms with Gasteiger partial charge in [0.1, 0.15) is 0 Å². The van der Waals surface area contributed by atoms with Crippen LogP contribution in [0.5, 0.6) is 0 Å². The Morgan fingerprint density at radius 1 is 1.44 bits per heavy atom. The molecule has 88 valence electrons. The van der Waals surface area contributed by atoms with Crippen LogP contribution >= 0.6 is 11.6 Å². The molecule has 16 heavy (non-hydrogen) atoms. The summed E-state index contributed by atoms with van der Waals surface area (Å²) in [5, 5.41) is 0.120. The van der Waals surface area contributed by atoms with Gasteiger partial charge in [-0.2, -0.15) is 0 Å². The van der Waals surface area contributed by atoms with Gasteiger partial charge in [0, 0.05) is 18.0 Å². The van der Waals surface area contributed by atoms with E-state index in [1.165, 1.54) is 6.07 Å². The minimum Gasteiger partial charge on any atom is -0.325 e. The fourth-order valence-electron chi connectivity index (χ4n) is 1.92. The summed E-state index contributed by atoms with van der Waals surface area (Å²) in [6.45, 7) is 0.869. The van der Waals surface area contributed by atoms with Crippen molar-refractivity contribution in [3.63, 3.8) is 0 Å². The van der Waals surface area contributed by atoms with Crippen molar-refractivity contribution in [3.05, 3.63) is 34.3 Å². The highest BCUT2D eigenvalue weighted by Gasteiger charge is 2.40. The van der Waals surface area contributed by atoms with Gasteiger partial charge in [0.05, 0.1) is 5.02 Å². The van der Waals surface area contributed by atoms with Crippen LogP contribution in [-0.4, -0.2) is 5.54 Å². The summed E-state index contributed by atoms with van der Waals surface area (Å²) in [7, 11) is 0.